The quantitative estimate of drug-likeness (QED) is 0.783. The van der Waals surface area contributed by atoms with Gasteiger partial charge >= 0.3 is 6.18 Å². The minimum Gasteiger partial charge on any atom is -0.316 e. The van der Waals surface area contributed by atoms with Gasteiger partial charge in [-0.3, -0.25) is 0 Å². The SMILES string of the molecule is CC(C)(CNCCC(F)(F)F)c1ccccc1. The van der Waals surface area contributed by atoms with Crippen LogP contribution < -0.4 is 5.32 Å². The van der Waals surface area contributed by atoms with Gasteiger partial charge in [0.05, 0.1) is 6.42 Å². The van der Waals surface area contributed by atoms with Crippen molar-refractivity contribution in [1.29, 1.82) is 0 Å². The standard InChI is InChI=1S/C13H18F3N/c1-12(2,11-6-4-3-5-7-11)10-17-9-8-13(14,15)16/h3-7,17H,8-10H2,1-2H3. The maximum absolute atomic E-state index is 12.0. The Balaban J connectivity index is 2.41. The fourth-order valence-corrected chi connectivity index (χ4v) is 1.62. The Morgan fingerprint density at radius 1 is 1.06 bits per heavy atom. The molecule has 0 aliphatic rings. The average Bonchev–Trinajstić information content (AvgIpc) is 2.25. The molecule has 1 N–H and O–H groups in total. The highest BCUT2D eigenvalue weighted by molar-refractivity contribution is 5.23. The zero-order chi connectivity index (χ0) is 12.9. The number of hydrogen-bond donors (Lipinski definition) is 1. The van der Waals surface area contributed by atoms with Crippen LogP contribution in [0.4, 0.5) is 13.2 Å². The van der Waals surface area contributed by atoms with E-state index in [1.165, 1.54) is 0 Å². The first-order chi connectivity index (χ1) is 7.81. The maximum Gasteiger partial charge on any atom is 0.390 e. The molecule has 1 rings (SSSR count). The molecule has 0 heterocycles. The molecule has 0 saturated heterocycles. The molecule has 1 nitrogen and oxygen atoms in total. The minimum atomic E-state index is -4.08. The van der Waals surface area contributed by atoms with Crippen molar-refractivity contribution in [2.75, 3.05) is 13.1 Å². The van der Waals surface area contributed by atoms with E-state index in [9.17, 15) is 13.2 Å². The van der Waals surface area contributed by atoms with Crippen molar-refractivity contribution in [3.63, 3.8) is 0 Å². The van der Waals surface area contributed by atoms with Gasteiger partial charge in [-0.15, -0.1) is 0 Å². The number of halogens is 3. The molecule has 96 valence electrons. The zero-order valence-electron chi connectivity index (χ0n) is 10.1. The molecule has 0 aliphatic carbocycles. The van der Waals surface area contributed by atoms with Gasteiger partial charge in [-0.25, -0.2) is 0 Å². The molecule has 17 heavy (non-hydrogen) atoms. The highest BCUT2D eigenvalue weighted by Gasteiger charge is 2.27. The van der Waals surface area contributed by atoms with Crippen molar-refractivity contribution in [3.8, 4) is 0 Å². The van der Waals surface area contributed by atoms with Crippen LogP contribution in [0.5, 0.6) is 0 Å². The van der Waals surface area contributed by atoms with Crippen molar-refractivity contribution in [2.45, 2.75) is 31.9 Å². The molecule has 0 unspecified atom stereocenters. The molecular weight excluding hydrogens is 227 g/mol. The van der Waals surface area contributed by atoms with Gasteiger partial charge in [0, 0.05) is 18.5 Å². The molecule has 4 heteroatoms. The van der Waals surface area contributed by atoms with E-state index >= 15 is 0 Å². The summed E-state index contributed by atoms with van der Waals surface area (Å²) >= 11 is 0. The molecule has 0 fully saturated rings. The second-order valence-electron chi connectivity index (χ2n) is 4.79. The summed E-state index contributed by atoms with van der Waals surface area (Å²) in [6.07, 6.45) is -4.86. The van der Waals surface area contributed by atoms with Gasteiger partial charge in [0.2, 0.25) is 0 Å². The molecule has 1 aromatic rings. The Morgan fingerprint density at radius 3 is 2.18 bits per heavy atom. The highest BCUT2D eigenvalue weighted by atomic mass is 19.4. The van der Waals surface area contributed by atoms with E-state index in [2.05, 4.69) is 5.32 Å². The van der Waals surface area contributed by atoms with Crippen molar-refractivity contribution in [2.24, 2.45) is 0 Å². The van der Waals surface area contributed by atoms with E-state index in [1.54, 1.807) is 0 Å². The summed E-state index contributed by atoms with van der Waals surface area (Å²) in [5.41, 5.74) is 0.965. The van der Waals surface area contributed by atoms with Crippen molar-refractivity contribution >= 4 is 0 Å². The number of nitrogens with one attached hydrogen (secondary N) is 1. The predicted molar refractivity (Wildman–Crippen MR) is 63.0 cm³/mol. The number of alkyl halides is 3. The van der Waals surface area contributed by atoms with Crippen LogP contribution in [-0.2, 0) is 5.41 Å². The van der Waals surface area contributed by atoms with Gasteiger partial charge in [0.15, 0.2) is 0 Å². The average molecular weight is 245 g/mol. The lowest BCUT2D eigenvalue weighted by Crippen LogP contribution is -2.34. The van der Waals surface area contributed by atoms with E-state index in [-0.39, 0.29) is 12.0 Å². The third-order valence-corrected chi connectivity index (χ3v) is 2.71. The van der Waals surface area contributed by atoms with E-state index in [0.717, 1.165) is 5.56 Å². The van der Waals surface area contributed by atoms with Crippen LogP contribution in [0, 0.1) is 0 Å². The zero-order valence-corrected chi connectivity index (χ0v) is 10.1. The molecule has 0 aromatic heterocycles. The number of rotatable bonds is 5. The summed E-state index contributed by atoms with van der Waals surface area (Å²) in [7, 11) is 0. The lowest BCUT2D eigenvalue weighted by molar-refractivity contribution is -0.133. The lowest BCUT2D eigenvalue weighted by Gasteiger charge is -2.26. The normalized spacial score (nSPS) is 12.8. The van der Waals surface area contributed by atoms with E-state index < -0.39 is 12.6 Å². The van der Waals surface area contributed by atoms with Crippen LogP contribution in [-0.4, -0.2) is 19.3 Å². The Labute approximate surface area is 100 Å². The van der Waals surface area contributed by atoms with Gasteiger partial charge in [0.25, 0.3) is 0 Å². The Bertz CT molecular complexity index is 330. The number of benzene rings is 1. The molecule has 0 bridgehead atoms. The molecule has 0 radical (unpaired) electrons. The fourth-order valence-electron chi connectivity index (χ4n) is 1.62. The summed E-state index contributed by atoms with van der Waals surface area (Å²) in [4.78, 5) is 0. The van der Waals surface area contributed by atoms with E-state index in [1.807, 2.05) is 44.2 Å². The molecular formula is C13H18F3N. The van der Waals surface area contributed by atoms with Gasteiger partial charge < -0.3 is 5.32 Å². The van der Waals surface area contributed by atoms with Crippen LogP contribution in [0.1, 0.15) is 25.8 Å². The van der Waals surface area contributed by atoms with Crippen molar-refractivity contribution in [3.05, 3.63) is 35.9 Å². The van der Waals surface area contributed by atoms with Crippen LogP contribution in [0.3, 0.4) is 0 Å². The third kappa shape index (κ3) is 5.22. The molecule has 0 spiro atoms. The topological polar surface area (TPSA) is 12.0 Å². The molecule has 0 saturated carbocycles. The summed E-state index contributed by atoms with van der Waals surface area (Å²) in [5, 5.41) is 2.86. The van der Waals surface area contributed by atoms with Crippen molar-refractivity contribution in [1.82, 2.24) is 5.32 Å². The summed E-state index contributed by atoms with van der Waals surface area (Å²) in [6, 6.07) is 9.78. The molecule has 0 amide bonds. The summed E-state index contributed by atoms with van der Waals surface area (Å²) in [5.74, 6) is 0. The Morgan fingerprint density at radius 2 is 1.65 bits per heavy atom. The van der Waals surface area contributed by atoms with Crippen LogP contribution in [0.25, 0.3) is 0 Å². The van der Waals surface area contributed by atoms with Crippen LogP contribution in [0.2, 0.25) is 0 Å². The van der Waals surface area contributed by atoms with Gasteiger partial charge in [-0.1, -0.05) is 44.2 Å². The minimum absolute atomic E-state index is 0.0280. The predicted octanol–water partition coefficient (Wildman–Crippen LogP) is 3.51. The van der Waals surface area contributed by atoms with Gasteiger partial charge in [-0.2, -0.15) is 13.2 Å². The largest absolute Gasteiger partial charge is 0.390 e. The third-order valence-electron chi connectivity index (χ3n) is 2.71. The van der Waals surface area contributed by atoms with Gasteiger partial charge in [0.1, 0.15) is 0 Å². The second-order valence-corrected chi connectivity index (χ2v) is 4.79. The lowest BCUT2D eigenvalue weighted by atomic mass is 9.84. The number of hydrogen-bond acceptors (Lipinski definition) is 1. The molecule has 1 aromatic carbocycles. The fraction of sp³-hybridized carbons (Fsp3) is 0.538. The van der Waals surface area contributed by atoms with Crippen LogP contribution in [0.15, 0.2) is 30.3 Å². The van der Waals surface area contributed by atoms with Crippen LogP contribution >= 0.6 is 0 Å². The second kappa shape index (κ2) is 5.54. The summed E-state index contributed by atoms with van der Waals surface area (Å²) in [6.45, 7) is 4.54. The first-order valence-corrected chi connectivity index (χ1v) is 5.64. The van der Waals surface area contributed by atoms with E-state index in [4.69, 9.17) is 0 Å². The first-order valence-electron chi connectivity index (χ1n) is 5.64. The van der Waals surface area contributed by atoms with Gasteiger partial charge in [-0.05, 0) is 5.56 Å². The first kappa shape index (κ1) is 14.0. The molecule has 0 aliphatic heterocycles. The monoisotopic (exact) mass is 245 g/mol. The molecule has 0 atom stereocenters. The smallest absolute Gasteiger partial charge is 0.316 e. The Hall–Kier alpha value is -1.03. The maximum atomic E-state index is 12.0. The van der Waals surface area contributed by atoms with Crippen molar-refractivity contribution < 1.29 is 13.2 Å². The van der Waals surface area contributed by atoms with E-state index in [0.29, 0.717) is 6.54 Å². The Kier molecular flexibility index (Phi) is 4.57. The highest BCUT2D eigenvalue weighted by Crippen LogP contribution is 2.22. The summed E-state index contributed by atoms with van der Waals surface area (Å²) < 4.78 is 35.9.